The summed E-state index contributed by atoms with van der Waals surface area (Å²) in [6.45, 7) is 5.99. The van der Waals surface area contributed by atoms with Crippen LogP contribution < -0.4 is 9.80 Å². The van der Waals surface area contributed by atoms with E-state index in [1.165, 1.54) is 28.7 Å². The molecule has 286 valence electrons. The molecule has 0 bridgehead atoms. The first-order valence-corrected chi connectivity index (χ1v) is 18.6. The monoisotopic (exact) mass is 778 g/mol. The Morgan fingerprint density at radius 2 is 1.28 bits per heavy atom. The Bertz CT molecular complexity index is 2170. The zero-order valence-corrected chi connectivity index (χ0v) is 32.3. The van der Waals surface area contributed by atoms with E-state index in [0.29, 0.717) is 40.7 Å². The average Bonchev–Trinajstić information content (AvgIpc) is 3.75. The van der Waals surface area contributed by atoms with Gasteiger partial charge in [0.05, 0.1) is 35.7 Å². The summed E-state index contributed by atoms with van der Waals surface area (Å²) in [5, 5.41) is 28.5. The molecule has 2 N–H and O–H groups in total. The van der Waals surface area contributed by atoms with Gasteiger partial charge >= 0.3 is 6.09 Å². The molecule has 2 unspecified atom stereocenters. The molecule has 4 heterocycles. The van der Waals surface area contributed by atoms with Crippen LogP contribution in [0.4, 0.5) is 16.4 Å². The number of carbonyl (C=O) groups excluding carboxylic acids is 3. The zero-order chi connectivity index (χ0) is 38.9. The summed E-state index contributed by atoms with van der Waals surface area (Å²) in [7, 11) is 3.49. The van der Waals surface area contributed by atoms with Crippen LogP contribution in [-0.4, -0.2) is 89.0 Å². The van der Waals surface area contributed by atoms with Gasteiger partial charge in [0.1, 0.15) is 27.5 Å². The van der Waals surface area contributed by atoms with Crippen LogP contribution >= 0.6 is 23.2 Å². The predicted molar refractivity (Wildman–Crippen MR) is 205 cm³/mol. The molecule has 0 spiro atoms. The molecule has 16 heteroatoms. The van der Waals surface area contributed by atoms with Crippen molar-refractivity contribution < 1.29 is 29.3 Å². The van der Waals surface area contributed by atoms with E-state index in [-0.39, 0.29) is 46.7 Å². The minimum atomic E-state index is -0.657. The summed E-state index contributed by atoms with van der Waals surface area (Å²) in [6, 6.07) is 13.3. The number of nitrogens with zero attached hydrogens (tertiary/aromatic N) is 8. The molecule has 54 heavy (non-hydrogen) atoms. The van der Waals surface area contributed by atoms with Crippen LogP contribution in [0.5, 0.6) is 0 Å². The number of ether oxygens (including phenoxy) is 1. The van der Waals surface area contributed by atoms with Crippen molar-refractivity contribution in [3.05, 3.63) is 81.9 Å². The van der Waals surface area contributed by atoms with E-state index >= 15 is 0 Å². The van der Waals surface area contributed by atoms with Crippen LogP contribution in [0.1, 0.15) is 85.6 Å². The molecule has 5 aromatic rings. The van der Waals surface area contributed by atoms with Gasteiger partial charge in [-0.15, -0.1) is 0 Å². The van der Waals surface area contributed by atoms with Gasteiger partial charge in [-0.25, -0.2) is 14.8 Å². The molecule has 4 aromatic heterocycles. The van der Waals surface area contributed by atoms with Gasteiger partial charge in [0.2, 0.25) is 0 Å². The summed E-state index contributed by atoms with van der Waals surface area (Å²) in [5.41, 5.74) is 1.99. The number of amides is 1. The first-order chi connectivity index (χ1) is 25.6. The van der Waals surface area contributed by atoms with E-state index in [4.69, 9.17) is 27.9 Å². The van der Waals surface area contributed by atoms with Crippen LogP contribution in [0.15, 0.2) is 54.9 Å². The number of fused-ring (bicyclic) bond motifs is 2. The summed E-state index contributed by atoms with van der Waals surface area (Å²) in [5.74, 6) is 0.885. The topological polar surface area (TPSA) is 168 Å². The Kier molecular flexibility index (Phi) is 11.6. The van der Waals surface area contributed by atoms with Gasteiger partial charge in [-0.2, -0.15) is 19.2 Å². The highest BCUT2D eigenvalue weighted by atomic mass is 35.5. The standard InChI is InChI=1S/C20H21ClN4O2.C18H23ClN4O4/c1-24(12-13-5-3-2-4-6-13)19-10-18(21)23-20-15(11-22-25(19)20)17(27)9-14-7-8-16(14)26;1-18(2,3)27-17(26)22(4)15-8-14(19)21-16-11(9-20-23(15)16)13(25)7-10-5-6-12(10)24/h2-6,10-11,14,16,26H,7-9,12H2,1H3;8-10,12,24H,5-7H2,1-4H3/t14?,16-;10?,12-/m11/s1. The number of anilines is 2. The van der Waals surface area contributed by atoms with Crippen molar-refractivity contribution in [3.63, 3.8) is 0 Å². The van der Waals surface area contributed by atoms with Crippen molar-refractivity contribution in [2.45, 2.75) is 83.6 Å². The van der Waals surface area contributed by atoms with Gasteiger partial charge in [-0.05, 0) is 63.9 Å². The Hall–Kier alpha value is -4.63. The van der Waals surface area contributed by atoms with Crippen LogP contribution in [0.3, 0.4) is 0 Å². The van der Waals surface area contributed by atoms with Crippen molar-refractivity contribution in [1.29, 1.82) is 0 Å². The minimum absolute atomic E-state index is 0.0319. The maximum Gasteiger partial charge on any atom is 0.415 e. The summed E-state index contributed by atoms with van der Waals surface area (Å²) in [4.78, 5) is 49.5. The Balaban J connectivity index is 0.000000184. The fraction of sp³-hybridized carbons (Fsp3) is 0.447. The van der Waals surface area contributed by atoms with E-state index in [1.807, 2.05) is 30.1 Å². The van der Waals surface area contributed by atoms with E-state index in [9.17, 15) is 24.6 Å². The van der Waals surface area contributed by atoms with E-state index in [0.717, 1.165) is 37.1 Å². The predicted octanol–water partition coefficient (Wildman–Crippen LogP) is 6.46. The van der Waals surface area contributed by atoms with Crippen LogP contribution in [0.2, 0.25) is 10.3 Å². The Labute approximate surface area is 322 Å². The minimum Gasteiger partial charge on any atom is -0.443 e. The fourth-order valence-electron chi connectivity index (χ4n) is 6.38. The largest absolute Gasteiger partial charge is 0.443 e. The van der Waals surface area contributed by atoms with Crippen molar-refractivity contribution in [2.75, 3.05) is 23.9 Å². The van der Waals surface area contributed by atoms with Crippen LogP contribution in [-0.2, 0) is 11.3 Å². The molecule has 1 aromatic carbocycles. The second kappa shape index (κ2) is 16.0. The quantitative estimate of drug-likeness (QED) is 0.118. The lowest BCUT2D eigenvalue weighted by atomic mass is 9.78. The van der Waals surface area contributed by atoms with E-state index in [1.54, 1.807) is 37.5 Å². The molecule has 0 saturated heterocycles. The number of rotatable bonds is 10. The number of benzene rings is 1. The maximum atomic E-state index is 12.7. The first kappa shape index (κ1) is 39.1. The number of Topliss-reactive ketones (excluding diaryl/α,β-unsaturated/α-hetero) is 2. The number of aromatic nitrogens is 6. The molecule has 0 radical (unpaired) electrons. The van der Waals surface area contributed by atoms with Crippen molar-refractivity contribution in [3.8, 4) is 0 Å². The lowest BCUT2D eigenvalue weighted by Crippen LogP contribution is -2.35. The average molecular weight is 780 g/mol. The number of carbonyl (C=O) groups is 3. The summed E-state index contributed by atoms with van der Waals surface area (Å²) >= 11 is 12.4. The van der Waals surface area contributed by atoms with Crippen molar-refractivity contribution in [2.24, 2.45) is 11.8 Å². The van der Waals surface area contributed by atoms with Gasteiger partial charge in [0, 0.05) is 45.6 Å². The van der Waals surface area contributed by atoms with Gasteiger partial charge in [-0.1, -0.05) is 53.5 Å². The molecule has 2 fully saturated rings. The first-order valence-electron chi connectivity index (χ1n) is 17.8. The molecular formula is C38H44Cl2N8O6. The van der Waals surface area contributed by atoms with E-state index < -0.39 is 17.8 Å². The highest BCUT2D eigenvalue weighted by Crippen LogP contribution is 2.34. The number of ketones is 2. The Morgan fingerprint density at radius 1 is 0.796 bits per heavy atom. The lowest BCUT2D eigenvalue weighted by Gasteiger charge is -2.31. The SMILES string of the molecule is CN(C(=O)OC(C)(C)C)c1cc(Cl)nc2c(C(=O)CC3CC[C@H]3O)cnn12.CN(Cc1ccccc1)c1cc(Cl)nc2c(C(=O)CC3CC[C@H]3O)cnn12. The van der Waals surface area contributed by atoms with Crippen LogP contribution in [0.25, 0.3) is 11.3 Å². The third-order valence-electron chi connectivity index (χ3n) is 9.76. The Morgan fingerprint density at radius 3 is 1.72 bits per heavy atom. The number of halogens is 2. The van der Waals surface area contributed by atoms with Crippen LogP contribution in [0, 0.1) is 11.8 Å². The lowest BCUT2D eigenvalue weighted by molar-refractivity contribution is 0.0199. The van der Waals surface area contributed by atoms with Gasteiger partial charge in [-0.3, -0.25) is 14.5 Å². The molecule has 1 amide bonds. The smallest absolute Gasteiger partial charge is 0.415 e. The third kappa shape index (κ3) is 8.67. The third-order valence-corrected chi connectivity index (χ3v) is 10.1. The van der Waals surface area contributed by atoms with E-state index in [2.05, 4.69) is 32.3 Å². The molecule has 2 aliphatic carbocycles. The molecule has 7 rings (SSSR count). The molecular weight excluding hydrogens is 735 g/mol. The number of aliphatic hydroxyl groups is 2. The molecule has 4 atom stereocenters. The number of hydrogen-bond donors (Lipinski definition) is 2. The molecule has 2 saturated carbocycles. The van der Waals surface area contributed by atoms with Crippen molar-refractivity contribution in [1.82, 2.24) is 29.2 Å². The fourth-order valence-corrected chi connectivity index (χ4v) is 6.73. The second-order valence-corrected chi connectivity index (χ2v) is 15.7. The summed E-state index contributed by atoms with van der Waals surface area (Å²) in [6.07, 6.45) is 5.32. The van der Waals surface area contributed by atoms with Gasteiger partial charge in [0.15, 0.2) is 22.9 Å². The van der Waals surface area contributed by atoms with Gasteiger partial charge in [0.25, 0.3) is 0 Å². The highest BCUT2D eigenvalue weighted by Gasteiger charge is 2.33. The second-order valence-electron chi connectivity index (χ2n) is 14.9. The summed E-state index contributed by atoms with van der Waals surface area (Å²) < 4.78 is 8.41. The maximum absolute atomic E-state index is 12.7. The zero-order valence-electron chi connectivity index (χ0n) is 30.8. The molecule has 2 aliphatic rings. The molecule has 0 aliphatic heterocycles. The van der Waals surface area contributed by atoms with Crippen molar-refractivity contribution >= 4 is 63.8 Å². The number of hydrogen-bond acceptors (Lipinski definition) is 11. The normalized spacial score (nSPS) is 19.4. The highest BCUT2D eigenvalue weighted by molar-refractivity contribution is 6.30. The van der Waals surface area contributed by atoms with Gasteiger partial charge < -0.3 is 19.8 Å². The number of aliphatic hydroxyl groups excluding tert-OH is 2. The molecule has 14 nitrogen and oxygen atoms in total.